The zero-order chi connectivity index (χ0) is 9.52. The third-order valence-corrected chi connectivity index (χ3v) is 1.87. The Morgan fingerprint density at radius 1 is 1.25 bits per heavy atom. The van der Waals surface area contributed by atoms with Crippen LogP contribution in [0.2, 0.25) is 0 Å². The molecule has 1 aromatic heterocycles. The van der Waals surface area contributed by atoms with Crippen LogP contribution in [-0.4, -0.2) is 9.55 Å². The van der Waals surface area contributed by atoms with Crippen LogP contribution in [0.1, 0.15) is 17.2 Å². The first-order valence-electron chi connectivity index (χ1n) is 3.41. The average Bonchev–Trinajstić information content (AvgIpc) is 2.15. The normalized spacial score (nSPS) is 12.2. The third-order valence-electron chi connectivity index (χ3n) is 1.87. The molecule has 0 unspecified atom stereocenters. The van der Waals surface area contributed by atoms with Crippen LogP contribution in [0.3, 0.4) is 0 Å². The van der Waals surface area contributed by atoms with Gasteiger partial charge >= 0.3 is 6.18 Å². The first-order chi connectivity index (χ1) is 5.34. The van der Waals surface area contributed by atoms with Crippen molar-refractivity contribution in [3.63, 3.8) is 0 Å². The molecule has 2 nitrogen and oxygen atoms in total. The van der Waals surface area contributed by atoms with E-state index < -0.39 is 11.9 Å². The molecule has 0 bridgehead atoms. The van der Waals surface area contributed by atoms with E-state index in [-0.39, 0.29) is 5.69 Å². The van der Waals surface area contributed by atoms with E-state index in [4.69, 9.17) is 0 Å². The topological polar surface area (TPSA) is 17.8 Å². The largest absolute Gasteiger partial charge is 0.435 e. The molecule has 0 aromatic carbocycles. The lowest BCUT2D eigenvalue weighted by Gasteiger charge is -2.03. The molecule has 0 amide bonds. The SMILES string of the molecule is Cc1nc(C(F)(F)F)c(C)n1C. The first-order valence-corrected chi connectivity index (χ1v) is 3.41. The van der Waals surface area contributed by atoms with Gasteiger partial charge in [0.15, 0.2) is 5.69 Å². The maximum atomic E-state index is 12.2. The predicted molar refractivity (Wildman–Crippen MR) is 37.7 cm³/mol. The summed E-state index contributed by atoms with van der Waals surface area (Å²) in [5, 5.41) is 0. The van der Waals surface area contributed by atoms with Crippen molar-refractivity contribution in [2.24, 2.45) is 7.05 Å². The average molecular weight is 178 g/mol. The summed E-state index contributed by atoms with van der Waals surface area (Å²) in [6, 6.07) is 0. The lowest BCUT2D eigenvalue weighted by molar-refractivity contribution is -0.141. The lowest BCUT2D eigenvalue weighted by atomic mass is 10.3. The Morgan fingerprint density at radius 3 is 1.92 bits per heavy atom. The van der Waals surface area contributed by atoms with E-state index in [1.54, 1.807) is 14.0 Å². The standard InChI is InChI=1S/C7H9F3N2/c1-4-6(7(8,9)10)11-5(2)12(4)3/h1-3H3. The van der Waals surface area contributed by atoms with Crippen LogP contribution in [-0.2, 0) is 13.2 Å². The molecular formula is C7H9F3N2. The molecular weight excluding hydrogens is 169 g/mol. The fourth-order valence-electron chi connectivity index (χ4n) is 0.988. The van der Waals surface area contributed by atoms with E-state index in [2.05, 4.69) is 4.98 Å². The minimum Gasteiger partial charge on any atom is -0.335 e. The van der Waals surface area contributed by atoms with Crippen molar-refractivity contribution in [3.8, 4) is 0 Å². The molecule has 5 heteroatoms. The predicted octanol–water partition coefficient (Wildman–Crippen LogP) is 2.06. The zero-order valence-corrected chi connectivity index (χ0v) is 7.03. The number of hydrogen-bond acceptors (Lipinski definition) is 1. The molecule has 0 aliphatic rings. The van der Waals surface area contributed by atoms with Crippen LogP contribution in [0, 0.1) is 13.8 Å². The van der Waals surface area contributed by atoms with Crippen molar-refractivity contribution in [1.29, 1.82) is 0 Å². The van der Waals surface area contributed by atoms with Crippen LogP contribution in [0.15, 0.2) is 0 Å². The van der Waals surface area contributed by atoms with Crippen LogP contribution < -0.4 is 0 Å². The van der Waals surface area contributed by atoms with Gasteiger partial charge in [-0.2, -0.15) is 13.2 Å². The first kappa shape index (κ1) is 9.09. The molecule has 0 spiro atoms. The van der Waals surface area contributed by atoms with Gasteiger partial charge in [0.05, 0.1) is 0 Å². The number of nitrogens with zero attached hydrogens (tertiary/aromatic N) is 2. The van der Waals surface area contributed by atoms with Crippen molar-refractivity contribution >= 4 is 0 Å². The minimum absolute atomic E-state index is 0.153. The number of alkyl halides is 3. The number of aryl methyl sites for hydroxylation is 1. The Labute approximate surface area is 68.0 Å². The summed E-state index contributed by atoms with van der Waals surface area (Å²) >= 11 is 0. The van der Waals surface area contributed by atoms with E-state index in [1.165, 1.54) is 11.5 Å². The summed E-state index contributed by atoms with van der Waals surface area (Å²) < 4.78 is 37.9. The molecule has 0 N–H and O–H groups in total. The van der Waals surface area contributed by atoms with E-state index in [1.807, 2.05) is 0 Å². The molecule has 0 saturated carbocycles. The van der Waals surface area contributed by atoms with Crippen molar-refractivity contribution in [2.45, 2.75) is 20.0 Å². The monoisotopic (exact) mass is 178 g/mol. The molecule has 0 radical (unpaired) electrons. The van der Waals surface area contributed by atoms with E-state index >= 15 is 0 Å². The Balaban J connectivity index is 3.28. The fraction of sp³-hybridized carbons (Fsp3) is 0.571. The second-order valence-electron chi connectivity index (χ2n) is 2.65. The number of aromatic nitrogens is 2. The van der Waals surface area contributed by atoms with Gasteiger partial charge in [-0.05, 0) is 13.8 Å². The molecule has 1 heterocycles. The van der Waals surface area contributed by atoms with Gasteiger partial charge in [0.1, 0.15) is 5.82 Å². The highest BCUT2D eigenvalue weighted by Crippen LogP contribution is 2.30. The number of rotatable bonds is 0. The highest BCUT2D eigenvalue weighted by atomic mass is 19.4. The molecule has 0 aliphatic heterocycles. The van der Waals surface area contributed by atoms with Crippen molar-refractivity contribution in [3.05, 3.63) is 17.2 Å². The summed E-state index contributed by atoms with van der Waals surface area (Å²) in [4.78, 5) is 3.42. The Hall–Kier alpha value is -1.00. The van der Waals surface area contributed by atoms with Crippen LogP contribution in [0.25, 0.3) is 0 Å². The fourth-order valence-corrected chi connectivity index (χ4v) is 0.988. The van der Waals surface area contributed by atoms with Gasteiger partial charge < -0.3 is 4.57 Å². The van der Waals surface area contributed by atoms with Crippen LogP contribution in [0.5, 0.6) is 0 Å². The number of halogens is 3. The molecule has 0 fully saturated rings. The van der Waals surface area contributed by atoms with Crippen molar-refractivity contribution in [2.75, 3.05) is 0 Å². The molecule has 0 saturated heterocycles. The summed E-state index contributed by atoms with van der Waals surface area (Å²) in [6.45, 7) is 2.95. The lowest BCUT2D eigenvalue weighted by Crippen LogP contribution is -2.08. The second-order valence-corrected chi connectivity index (χ2v) is 2.65. The summed E-state index contributed by atoms with van der Waals surface area (Å²) in [5.41, 5.74) is -0.637. The molecule has 1 aromatic rings. The second kappa shape index (κ2) is 2.50. The molecule has 0 aliphatic carbocycles. The smallest absolute Gasteiger partial charge is 0.335 e. The maximum Gasteiger partial charge on any atom is 0.435 e. The van der Waals surface area contributed by atoms with Crippen molar-refractivity contribution < 1.29 is 13.2 Å². The summed E-state index contributed by atoms with van der Waals surface area (Å²) in [5.74, 6) is 0.375. The Bertz CT molecular complexity index is 298. The van der Waals surface area contributed by atoms with Crippen LogP contribution in [0.4, 0.5) is 13.2 Å². The number of imidazole rings is 1. The van der Waals surface area contributed by atoms with E-state index in [9.17, 15) is 13.2 Å². The minimum atomic E-state index is -4.34. The molecule has 12 heavy (non-hydrogen) atoms. The van der Waals surface area contributed by atoms with E-state index in [0.29, 0.717) is 5.82 Å². The third kappa shape index (κ3) is 1.31. The molecule has 68 valence electrons. The molecule has 1 rings (SSSR count). The molecule has 0 atom stereocenters. The van der Waals surface area contributed by atoms with Gasteiger partial charge in [-0.1, -0.05) is 0 Å². The van der Waals surface area contributed by atoms with Gasteiger partial charge in [0, 0.05) is 12.7 Å². The zero-order valence-electron chi connectivity index (χ0n) is 7.03. The van der Waals surface area contributed by atoms with Gasteiger partial charge in [0.25, 0.3) is 0 Å². The summed E-state index contributed by atoms with van der Waals surface area (Å²) in [7, 11) is 1.56. The Kier molecular flexibility index (Phi) is 1.89. The van der Waals surface area contributed by atoms with Gasteiger partial charge in [-0.15, -0.1) is 0 Å². The maximum absolute atomic E-state index is 12.2. The van der Waals surface area contributed by atoms with Crippen molar-refractivity contribution in [1.82, 2.24) is 9.55 Å². The van der Waals surface area contributed by atoms with Gasteiger partial charge in [-0.3, -0.25) is 0 Å². The van der Waals surface area contributed by atoms with Gasteiger partial charge in [-0.25, -0.2) is 4.98 Å². The Morgan fingerprint density at radius 2 is 1.75 bits per heavy atom. The van der Waals surface area contributed by atoms with E-state index in [0.717, 1.165) is 0 Å². The summed E-state index contributed by atoms with van der Waals surface area (Å²) in [6.07, 6.45) is -4.34. The number of hydrogen-bond donors (Lipinski definition) is 0. The highest BCUT2D eigenvalue weighted by Gasteiger charge is 2.36. The highest BCUT2D eigenvalue weighted by molar-refractivity contribution is 5.17. The van der Waals surface area contributed by atoms with Crippen LogP contribution >= 0.6 is 0 Å². The van der Waals surface area contributed by atoms with Gasteiger partial charge in [0.2, 0.25) is 0 Å². The quantitative estimate of drug-likeness (QED) is 0.594.